The smallest absolute Gasteiger partial charge is 0.872 e. The van der Waals surface area contributed by atoms with Crippen molar-refractivity contribution in [2.45, 2.75) is 6.92 Å². The van der Waals surface area contributed by atoms with Gasteiger partial charge in [-0.05, 0) is 30.7 Å². The molecule has 0 unspecified atom stereocenters. The summed E-state index contributed by atoms with van der Waals surface area (Å²) in [7, 11) is 0. The van der Waals surface area contributed by atoms with Crippen molar-refractivity contribution in [1.82, 2.24) is 0 Å². The van der Waals surface area contributed by atoms with Crippen LogP contribution in [-0.4, -0.2) is 18.4 Å². The van der Waals surface area contributed by atoms with Crippen molar-refractivity contribution in [1.29, 1.82) is 5.26 Å². The van der Waals surface area contributed by atoms with E-state index in [-0.39, 0.29) is 31.0 Å². The van der Waals surface area contributed by atoms with E-state index in [9.17, 15) is 14.7 Å². The standard InChI is InChI=1S/C13H11NO4.Li/c1-2-18-13(17)12(16)7-11(15)10-5-3-4-9(6-10)8-14;/h3-7,15H,2H2,1H3;/q;+1/p-1/b11-7-;. The van der Waals surface area contributed by atoms with E-state index in [4.69, 9.17) is 5.26 Å². The summed E-state index contributed by atoms with van der Waals surface area (Å²) in [5.41, 5.74) is 0.476. The van der Waals surface area contributed by atoms with E-state index >= 15 is 0 Å². The van der Waals surface area contributed by atoms with Crippen molar-refractivity contribution in [3.05, 3.63) is 41.5 Å². The molecular weight excluding hydrogens is 241 g/mol. The zero-order chi connectivity index (χ0) is 13.5. The van der Waals surface area contributed by atoms with Crippen molar-refractivity contribution in [3.63, 3.8) is 0 Å². The maximum Gasteiger partial charge on any atom is 1.00 e. The number of ketones is 1. The molecule has 0 atom stereocenters. The number of hydrogen-bond donors (Lipinski definition) is 0. The maximum atomic E-state index is 11.6. The van der Waals surface area contributed by atoms with Crippen LogP contribution in [0.1, 0.15) is 18.1 Å². The van der Waals surface area contributed by atoms with Crippen LogP contribution >= 0.6 is 0 Å². The second kappa shape index (κ2) is 8.15. The summed E-state index contributed by atoms with van der Waals surface area (Å²) in [5, 5.41) is 20.3. The first-order chi connectivity index (χ1) is 8.58. The normalized spacial score (nSPS) is 10.0. The predicted octanol–water partition coefficient (Wildman–Crippen LogP) is -2.60. The average molecular weight is 251 g/mol. The molecule has 0 radical (unpaired) electrons. The first-order valence-electron chi connectivity index (χ1n) is 5.18. The van der Waals surface area contributed by atoms with Crippen molar-refractivity contribution < 1.29 is 38.3 Å². The first-order valence-corrected chi connectivity index (χ1v) is 5.18. The van der Waals surface area contributed by atoms with Gasteiger partial charge >= 0.3 is 24.8 Å². The number of esters is 1. The monoisotopic (exact) mass is 251 g/mol. The van der Waals surface area contributed by atoms with E-state index in [1.54, 1.807) is 6.92 Å². The molecule has 0 saturated heterocycles. The van der Waals surface area contributed by atoms with Crippen LogP contribution in [0.2, 0.25) is 0 Å². The Morgan fingerprint density at radius 1 is 1.47 bits per heavy atom. The van der Waals surface area contributed by atoms with Gasteiger partial charge in [0.25, 0.3) is 5.78 Å². The molecule has 1 aromatic rings. The summed E-state index contributed by atoms with van der Waals surface area (Å²) < 4.78 is 4.46. The Kier molecular flexibility index (Phi) is 7.29. The largest absolute Gasteiger partial charge is 1.00 e. The maximum absolute atomic E-state index is 11.6. The number of benzene rings is 1. The van der Waals surface area contributed by atoms with Gasteiger partial charge < -0.3 is 9.84 Å². The van der Waals surface area contributed by atoms with E-state index in [1.165, 1.54) is 24.3 Å². The third kappa shape index (κ3) is 5.01. The summed E-state index contributed by atoms with van der Waals surface area (Å²) in [4.78, 5) is 22.3. The van der Waals surface area contributed by atoms with Crippen molar-refractivity contribution >= 4 is 17.5 Å². The molecule has 0 spiro atoms. The molecule has 1 aromatic carbocycles. The molecule has 0 aliphatic rings. The van der Waals surface area contributed by atoms with Gasteiger partial charge in [-0.15, -0.1) is 0 Å². The van der Waals surface area contributed by atoms with Crippen molar-refractivity contribution in [2.24, 2.45) is 0 Å². The Bertz CT molecular complexity index is 546. The summed E-state index contributed by atoms with van der Waals surface area (Å²) >= 11 is 0. The van der Waals surface area contributed by atoms with Crippen LogP contribution in [0.5, 0.6) is 0 Å². The van der Waals surface area contributed by atoms with E-state index in [0.29, 0.717) is 11.6 Å². The molecule has 0 bridgehead atoms. The molecule has 0 aliphatic heterocycles. The molecule has 0 N–H and O–H groups in total. The average Bonchev–Trinajstić information content (AvgIpc) is 2.39. The molecule has 0 saturated carbocycles. The second-order valence-electron chi connectivity index (χ2n) is 3.29. The summed E-state index contributed by atoms with van der Waals surface area (Å²) in [6.45, 7) is 1.62. The fourth-order valence-corrected chi connectivity index (χ4v) is 1.21. The molecule has 0 heterocycles. The van der Waals surface area contributed by atoms with Crippen molar-refractivity contribution in [2.75, 3.05) is 6.61 Å². The number of nitrogens with zero attached hydrogens (tertiary/aromatic N) is 1. The van der Waals surface area contributed by atoms with E-state index in [1.807, 2.05) is 6.07 Å². The molecule has 1 rings (SSSR count). The van der Waals surface area contributed by atoms with Crippen LogP contribution in [0.25, 0.3) is 5.76 Å². The molecule has 0 aliphatic carbocycles. The number of nitriles is 1. The number of carbonyl (C=O) groups excluding carboxylic acids is 2. The Morgan fingerprint density at radius 3 is 2.74 bits per heavy atom. The number of carbonyl (C=O) groups is 2. The molecule has 0 aromatic heterocycles. The van der Waals surface area contributed by atoms with Gasteiger partial charge in [-0.1, -0.05) is 17.9 Å². The summed E-state index contributed by atoms with van der Waals surface area (Å²) in [6.07, 6.45) is 0.661. The molecule has 6 heteroatoms. The minimum absolute atomic E-state index is 0. The van der Waals surface area contributed by atoms with E-state index < -0.39 is 17.5 Å². The SMILES string of the molecule is CCOC(=O)C(=O)/C=C(\[O-])c1cccc(C#N)c1.[Li+]. The molecule has 92 valence electrons. The van der Waals surface area contributed by atoms with Gasteiger partial charge in [0.05, 0.1) is 18.2 Å². The molecule has 0 amide bonds. The van der Waals surface area contributed by atoms with Crippen LogP contribution in [-0.2, 0) is 14.3 Å². The zero-order valence-corrected chi connectivity index (χ0v) is 10.7. The van der Waals surface area contributed by atoms with Gasteiger partial charge in [-0.2, -0.15) is 5.26 Å². The topological polar surface area (TPSA) is 90.2 Å². The molecule has 0 fully saturated rings. The zero-order valence-electron chi connectivity index (χ0n) is 10.7. The minimum Gasteiger partial charge on any atom is -0.872 e. The van der Waals surface area contributed by atoms with Crippen molar-refractivity contribution in [3.8, 4) is 6.07 Å². The van der Waals surface area contributed by atoms with Crippen LogP contribution in [0.4, 0.5) is 0 Å². The number of ether oxygens (including phenoxy) is 1. The Hall–Kier alpha value is -2.01. The van der Waals surface area contributed by atoms with E-state index in [2.05, 4.69) is 4.74 Å². The fraction of sp³-hybridized carbons (Fsp3) is 0.154. The predicted molar refractivity (Wildman–Crippen MR) is 60.8 cm³/mol. The first kappa shape index (κ1) is 17.0. The van der Waals surface area contributed by atoms with Gasteiger partial charge in [0.1, 0.15) is 0 Å². The van der Waals surface area contributed by atoms with Crippen LogP contribution in [0, 0.1) is 11.3 Å². The Labute approximate surface area is 122 Å². The van der Waals surface area contributed by atoms with Gasteiger partial charge in [0.2, 0.25) is 0 Å². The van der Waals surface area contributed by atoms with E-state index in [0.717, 1.165) is 0 Å². The third-order valence-electron chi connectivity index (χ3n) is 2.01. The second-order valence-corrected chi connectivity index (χ2v) is 3.29. The fourth-order valence-electron chi connectivity index (χ4n) is 1.21. The van der Waals surface area contributed by atoms with Gasteiger partial charge in [0, 0.05) is 0 Å². The van der Waals surface area contributed by atoms with Gasteiger partial charge in [0.15, 0.2) is 0 Å². The van der Waals surface area contributed by atoms with Crippen LogP contribution in [0.15, 0.2) is 30.3 Å². The Balaban J connectivity index is 0.00000324. The van der Waals surface area contributed by atoms with Gasteiger partial charge in [-0.25, -0.2) is 4.79 Å². The van der Waals surface area contributed by atoms with Crippen LogP contribution < -0.4 is 24.0 Å². The Morgan fingerprint density at radius 2 is 2.16 bits per heavy atom. The van der Waals surface area contributed by atoms with Crippen LogP contribution in [0.3, 0.4) is 0 Å². The number of hydrogen-bond acceptors (Lipinski definition) is 5. The summed E-state index contributed by atoms with van der Waals surface area (Å²) in [5.74, 6) is -2.71. The third-order valence-corrected chi connectivity index (χ3v) is 2.01. The quantitative estimate of drug-likeness (QED) is 0.192. The van der Waals surface area contributed by atoms with Gasteiger partial charge in [-0.3, -0.25) is 4.79 Å². The molecule has 19 heavy (non-hydrogen) atoms. The number of rotatable bonds is 4. The molecular formula is C13H10LiNO4. The minimum atomic E-state index is -1.07. The summed E-state index contributed by atoms with van der Waals surface area (Å²) in [6, 6.07) is 7.73. The molecule has 5 nitrogen and oxygen atoms in total.